The Hall–Kier alpha value is -3.53. The van der Waals surface area contributed by atoms with Gasteiger partial charge in [0.05, 0.1) is 22.4 Å². The molecule has 1 unspecified atom stereocenters. The summed E-state index contributed by atoms with van der Waals surface area (Å²) in [5.41, 5.74) is 0.170. The molecule has 0 radical (unpaired) electrons. The molecule has 2 aromatic carbocycles. The zero-order chi connectivity index (χ0) is 22.3. The monoisotopic (exact) mass is 445 g/mol. The molecule has 0 bridgehead atoms. The van der Waals surface area contributed by atoms with Crippen molar-refractivity contribution in [3.8, 4) is 11.3 Å². The van der Waals surface area contributed by atoms with Crippen LogP contribution < -0.4 is 5.32 Å². The van der Waals surface area contributed by atoms with Crippen LogP contribution in [0.4, 0.5) is 18.3 Å². The molecule has 1 aliphatic heterocycles. The summed E-state index contributed by atoms with van der Waals surface area (Å²) >= 11 is 1.02. The number of halogens is 3. The number of imide groups is 1. The minimum absolute atomic E-state index is 0.140. The van der Waals surface area contributed by atoms with Gasteiger partial charge in [0.1, 0.15) is 6.04 Å². The van der Waals surface area contributed by atoms with Crippen LogP contribution in [0.1, 0.15) is 33.2 Å². The molecule has 1 atom stereocenters. The molecule has 4 rings (SSSR count). The summed E-state index contributed by atoms with van der Waals surface area (Å²) < 4.78 is 38.8. The molecule has 0 saturated carbocycles. The van der Waals surface area contributed by atoms with Gasteiger partial charge in [-0.3, -0.25) is 19.3 Å². The van der Waals surface area contributed by atoms with Gasteiger partial charge in [0.15, 0.2) is 5.13 Å². The fraction of sp³-hybridized carbons (Fsp3) is 0.143. The largest absolute Gasteiger partial charge is 0.416 e. The van der Waals surface area contributed by atoms with Crippen molar-refractivity contribution in [1.82, 2.24) is 9.88 Å². The molecule has 0 spiro atoms. The van der Waals surface area contributed by atoms with Gasteiger partial charge in [0.2, 0.25) is 5.91 Å². The molecule has 31 heavy (non-hydrogen) atoms. The highest BCUT2D eigenvalue weighted by molar-refractivity contribution is 7.14. The van der Waals surface area contributed by atoms with Gasteiger partial charge in [-0.1, -0.05) is 24.3 Å². The van der Waals surface area contributed by atoms with Gasteiger partial charge in [0.25, 0.3) is 11.8 Å². The van der Waals surface area contributed by atoms with E-state index in [2.05, 4.69) is 10.3 Å². The number of fused-ring (bicyclic) bond motifs is 1. The smallest absolute Gasteiger partial charge is 0.300 e. The number of hydrogen-bond donors (Lipinski definition) is 1. The second-order valence-corrected chi connectivity index (χ2v) is 7.67. The third-order valence-corrected chi connectivity index (χ3v) is 5.57. The molecule has 6 nitrogen and oxygen atoms in total. The van der Waals surface area contributed by atoms with Crippen LogP contribution in [0.5, 0.6) is 0 Å². The normalized spacial score (nSPS) is 14.5. The molecule has 158 valence electrons. The number of hydrogen-bond acceptors (Lipinski definition) is 5. The van der Waals surface area contributed by atoms with Crippen molar-refractivity contribution in [1.29, 1.82) is 0 Å². The summed E-state index contributed by atoms with van der Waals surface area (Å²) in [6.45, 7) is 1.42. The van der Waals surface area contributed by atoms with Crippen LogP contribution in [-0.4, -0.2) is 33.6 Å². The van der Waals surface area contributed by atoms with E-state index in [0.29, 0.717) is 0 Å². The van der Waals surface area contributed by atoms with Crippen molar-refractivity contribution in [2.24, 2.45) is 0 Å². The quantitative estimate of drug-likeness (QED) is 0.602. The molecule has 0 saturated heterocycles. The Morgan fingerprint density at radius 1 is 1.06 bits per heavy atom. The standard InChI is InChI=1S/C21H14F3N3O3S/c1-11(27-18(29)14-7-2-3-8-15(14)19(27)30)17(28)26-20-25-16(10-31-20)12-5-4-6-13(9-12)21(22,23)24/h2-11H,1H3,(H,25,26,28). The first-order valence-electron chi connectivity index (χ1n) is 9.08. The SMILES string of the molecule is CC(C(=O)Nc1nc(-c2cccc(C(F)(F)F)c2)cs1)N1C(=O)c2ccccc2C1=O. The molecule has 1 aliphatic rings. The number of alkyl halides is 3. The maximum atomic E-state index is 12.9. The van der Waals surface area contributed by atoms with E-state index in [-0.39, 0.29) is 27.5 Å². The maximum absolute atomic E-state index is 12.9. The topological polar surface area (TPSA) is 79.4 Å². The third kappa shape index (κ3) is 3.81. The van der Waals surface area contributed by atoms with Gasteiger partial charge < -0.3 is 5.32 Å². The van der Waals surface area contributed by atoms with Gasteiger partial charge in [-0.05, 0) is 31.2 Å². The Balaban J connectivity index is 1.50. The molecule has 0 fully saturated rings. The number of nitrogens with one attached hydrogen (secondary N) is 1. The van der Waals surface area contributed by atoms with E-state index in [9.17, 15) is 27.6 Å². The van der Waals surface area contributed by atoms with Crippen LogP contribution >= 0.6 is 11.3 Å². The molecule has 1 aromatic heterocycles. The molecule has 10 heteroatoms. The minimum atomic E-state index is -4.48. The average Bonchev–Trinajstić information content (AvgIpc) is 3.30. The Kier molecular flexibility index (Phi) is 5.10. The lowest BCUT2D eigenvalue weighted by Gasteiger charge is -2.21. The van der Waals surface area contributed by atoms with E-state index in [1.54, 1.807) is 12.1 Å². The molecule has 3 aromatic rings. The number of nitrogens with zero attached hydrogens (tertiary/aromatic N) is 2. The second-order valence-electron chi connectivity index (χ2n) is 6.81. The van der Waals surface area contributed by atoms with E-state index in [1.807, 2.05) is 0 Å². The number of benzene rings is 2. The fourth-order valence-corrected chi connectivity index (χ4v) is 3.93. The summed E-state index contributed by atoms with van der Waals surface area (Å²) in [5, 5.41) is 4.17. The van der Waals surface area contributed by atoms with Crippen molar-refractivity contribution in [2.45, 2.75) is 19.1 Å². The highest BCUT2D eigenvalue weighted by Crippen LogP contribution is 2.33. The summed E-state index contributed by atoms with van der Waals surface area (Å²) in [6.07, 6.45) is -4.48. The van der Waals surface area contributed by atoms with Crippen LogP contribution in [0.2, 0.25) is 0 Å². The van der Waals surface area contributed by atoms with Gasteiger partial charge >= 0.3 is 6.18 Å². The fourth-order valence-electron chi connectivity index (χ4n) is 3.21. The number of carbonyl (C=O) groups excluding carboxylic acids is 3. The van der Waals surface area contributed by atoms with E-state index in [1.165, 1.54) is 36.6 Å². The molecule has 3 amide bonds. The lowest BCUT2D eigenvalue weighted by molar-refractivity contribution is -0.137. The lowest BCUT2D eigenvalue weighted by atomic mass is 10.1. The number of anilines is 1. The van der Waals surface area contributed by atoms with Crippen molar-refractivity contribution in [3.63, 3.8) is 0 Å². The van der Waals surface area contributed by atoms with Crippen LogP contribution in [0.25, 0.3) is 11.3 Å². The molecular formula is C21H14F3N3O3S. The van der Waals surface area contributed by atoms with Crippen LogP contribution in [0.15, 0.2) is 53.9 Å². The van der Waals surface area contributed by atoms with Crippen LogP contribution in [0, 0.1) is 0 Å². The van der Waals surface area contributed by atoms with Gasteiger partial charge in [-0.15, -0.1) is 11.3 Å². The van der Waals surface area contributed by atoms with E-state index in [0.717, 1.165) is 28.4 Å². The van der Waals surface area contributed by atoms with Gasteiger partial charge in [-0.2, -0.15) is 13.2 Å². The molecule has 2 heterocycles. The van der Waals surface area contributed by atoms with Gasteiger partial charge in [0, 0.05) is 10.9 Å². The summed E-state index contributed by atoms with van der Waals surface area (Å²) in [4.78, 5) is 42.7. The second kappa shape index (κ2) is 7.62. The van der Waals surface area contributed by atoms with Crippen molar-refractivity contribution in [2.75, 3.05) is 5.32 Å². The predicted molar refractivity (Wildman–Crippen MR) is 108 cm³/mol. The maximum Gasteiger partial charge on any atom is 0.416 e. The Labute approximate surface area is 178 Å². The molecule has 0 aliphatic carbocycles. The van der Waals surface area contributed by atoms with E-state index in [4.69, 9.17) is 0 Å². The lowest BCUT2D eigenvalue weighted by Crippen LogP contribution is -2.45. The average molecular weight is 445 g/mol. The van der Waals surface area contributed by atoms with Crippen molar-refractivity contribution < 1.29 is 27.6 Å². The highest BCUT2D eigenvalue weighted by Gasteiger charge is 2.40. The van der Waals surface area contributed by atoms with Crippen molar-refractivity contribution >= 4 is 34.2 Å². The Morgan fingerprint density at radius 3 is 2.32 bits per heavy atom. The predicted octanol–water partition coefficient (Wildman–Crippen LogP) is 4.45. The minimum Gasteiger partial charge on any atom is -0.300 e. The van der Waals surface area contributed by atoms with Crippen molar-refractivity contribution in [3.05, 3.63) is 70.6 Å². The van der Waals surface area contributed by atoms with Crippen LogP contribution in [-0.2, 0) is 11.0 Å². The first-order chi connectivity index (χ1) is 14.7. The molecular weight excluding hydrogens is 431 g/mol. The van der Waals surface area contributed by atoms with E-state index < -0.39 is 35.5 Å². The highest BCUT2D eigenvalue weighted by atomic mass is 32.1. The number of thiazole rings is 1. The zero-order valence-electron chi connectivity index (χ0n) is 15.9. The summed E-state index contributed by atoms with van der Waals surface area (Å²) in [7, 11) is 0. The Bertz CT molecular complexity index is 1170. The molecule has 1 N–H and O–H groups in total. The number of amides is 3. The number of rotatable bonds is 4. The van der Waals surface area contributed by atoms with E-state index >= 15 is 0 Å². The third-order valence-electron chi connectivity index (χ3n) is 4.81. The first kappa shape index (κ1) is 20.7. The summed E-state index contributed by atoms with van der Waals surface area (Å²) in [6, 6.07) is 9.88. The Morgan fingerprint density at radius 2 is 1.71 bits per heavy atom. The van der Waals surface area contributed by atoms with Crippen LogP contribution in [0.3, 0.4) is 0 Å². The number of carbonyl (C=O) groups is 3. The first-order valence-corrected chi connectivity index (χ1v) is 9.95. The van der Waals surface area contributed by atoms with Gasteiger partial charge in [-0.25, -0.2) is 4.98 Å². The number of aromatic nitrogens is 1. The summed E-state index contributed by atoms with van der Waals surface area (Å²) in [5.74, 6) is -1.77. The zero-order valence-corrected chi connectivity index (χ0v) is 16.8.